The number of hydrogen-bond donors (Lipinski definition) is 3. The van der Waals surface area contributed by atoms with Gasteiger partial charge in [0.05, 0.1) is 5.56 Å². The molecule has 28 heavy (non-hydrogen) atoms. The van der Waals surface area contributed by atoms with Crippen molar-refractivity contribution in [2.45, 2.75) is 6.92 Å². The Hall–Kier alpha value is -3.94. The molecule has 8 nitrogen and oxygen atoms in total. The molecule has 0 bridgehead atoms. The van der Waals surface area contributed by atoms with Crippen LogP contribution < -0.4 is 21.1 Å². The van der Waals surface area contributed by atoms with Crippen LogP contribution >= 0.6 is 0 Å². The van der Waals surface area contributed by atoms with Crippen molar-refractivity contribution in [1.82, 2.24) is 26.1 Å². The molecule has 142 valence electrons. The number of aromatic nitrogens is 2. The Morgan fingerprint density at radius 1 is 0.857 bits per heavy atom. The van der Waals surface area contributed by atoms with Crippen LogP contribution in [0.5, 0.6) is 0 Å². The maximum Gasteiger partial charge on any atom is 0.333 e. The van der Waals surface area contributed by atoms with Crippen LogP contribution in [0.1, 0.15) is 17.3 Å². The topological polar surface area (TPSA) is 99.2 Å². The van der Waals surface area contributed by atoms with Crippen molar-refractivity contribution in [1.29, 1.82) is 0 Å². The van der Waals surface area contributed by atoms with Crippen LogP contribution in [0, 0.1) is 0 Å². The van der Waals surface area contributed by atoms with E-state index in [0.717, 1.165) is 11.4 Å². The van der Waals surface area contributed by atoms with Gasteiger partial charge in [0.25, 0.3) is 5.91 Å². The lowest BCUT2D eigenvalue weighted by atomic mass is 10.2. The zero-order valence-corrected chi connectivity index (χ0v) is 15.3. The first-order valence-corrected chi connectivity index (χ1v) is 8.75. The van der Waals surface area contributed by atoms with Crippen LogP contribution in [0.3, 0.4) is 0 Å². The Kier molecular flexibility index (Phi) is 6.14. The molecule has 3 N–H and O–H groups in total. The molecule has 3 aromatic rings. The normalized spacial score (nSPS) is 10.0. The van der Waals surface area contributed by atoms with E-state index in [2.05, 4.69) is 26.1 Å². The van der Waals surface area contributed by atoms with E-state index in [1.807, 2.05) is 65.6 Å². The predicted molar refractivity (Wildman–Crippen MR) is 106 cm³/mol. The number of urea groups is 1. The Labute approximate surface area is 162 Å². The van der Waals surface area contributed by atoms with Gasteiger partial charge in [0.2, 0.25) is 5.95 Å². The van der Waals surface area contributed by atoms with Gasteiger partial charge in [-0.25, -0.2) is 20.2 Å². The number of nitrogens with one attached hydrogen (secondary N) is 3. The third kappa shape index (κ3) is 4.61. The van der Waals surface area contributed by atoms with E-state index in [0.29, 0.717) is 12.5 Å². The Morgan fingerprint density at radius 2 is 1.39 bits per heavy atom. The van der Waals surface area contributed by atoms with Gasteiger partial charge in [-0.2, -0.15) is 0 Å². The minimum Gasteiger partial charge on any atom is -0.337 e. The van der Waals surface area contributed by atoms with E-state index in [4.69, 9.17) is 0 Å². The number of hydrazine groups is 1. The van der Waals surface area contributed by atoms with Crippen molar-refractivity contribution in [3.05, 3.63) is 78.6 Å². The second kappa shape index (κ2) is 9.13. The van der Waals surface area contributed by atoms with Crippen molar-refractivity contribution >= 4 is 29.3 Å². The number of carbonyl (C=O) groups is 2. The van der Waals surface area contributed by atoms with Crippen LogP contribution in [-0.4, -0.2) is 28.5 Å². The molecular formula is C20H20N6O2. The van der Waals surface area contributed by atoms with Gasteiger partial charge in [-0.15, -0.1) is 0 Å². The van der Waals surface area contributed by atoms with Crippen molar-refractivity contribution in [3.8, 4) is 0 Å². The number of benzene rings is 2. The molecule has 0 spiro atoms. The van der Waals surface area contributed by atoms with E-state index in [1.165, 1.54) is 12.4 Å². The molecule has 0 unspecified atom stereocenters. The van der Waals surface area contributed by atoms with Gasteiger partial charge in [-0.05, 0) is 31.2 Å². The van der Waals surface area contributed by atoms with Gasteiger partial charge in [0.1, 0.15) is 0 Å². The molecule has 0 saturated carbocycles. The third-order valence-electron chi connectivity index (χ3n) is 3.76. The standard InChI is InChI=1S/C20H20N6O2/c1-2-21-20(28)25-24-18(27)15-13-22-19(23-14-15)26(16-9-5-3-6-10-16)17-11-7-4-8-12-17/h3-14H,2H2,1H3,(H,24,27)(H2,21,25,28). The molecule has 0 radical (unpaired) electrons. The molecule has 3 rings (SSSR count). The molecule has 0 aliphatic heterocycles. The highest BCUT2D eigenvalue weighted by molar-refractivity contribution is 5.94. The summed E-state index contributed by atoms with van der Waals surface area (Å²) in [5.41, 5.74) is 6.56. The van der Waals surface area contributed by atoms with Crippen LogP contribution in [0.25, 0.3) is 0 Å². The predicted octanol–water partition coefficient (Wildman–Crippen LogP) is 2.91. The third-order valence-corrected chi connectivity index (χ3v) is 3.76. The maximum absolute atomic E-state index is 12.1. The average Bonchev–Trinajstić information content (AvgIpc) is 2.74. The van der Waals surface area contributed by atoms with Crippen LogP contribution in [-0.2, 0) is 0 Å². The summed E-state index contributed by atoms with van der Waals surface area (Å²) in [5.74, 6) is -0.0885. The molecule has 3 amide bonds. The van der Waals surface area contributed by atoms with E-state index >= 15 is 0 Å². The zero-order valence-electron chi connectivity index (χ0n) is 15.3. The zero-order chi connectivity index (χ0) is 19.8. The Balaban J connectivity index is 1.81. The largest absolute Gasteiger partial charge is 0.337 e. The minimum absolute atomic E-state index is 0.224. The highest BCUT2D eigenvalue weighted by Gasteiger charge is 2.16. The summed E-state index contributed by atoms with van der Waals surface area (Å²) in [6, 6.07) is 18.9. The van der Waals surface area contributed by atoms with Gasteiger partial charge in [-0.1, -0.05) is 36.4 Å². The smallest absolute Gasteiger partial charge is 0.333 e. The number of para-hydroxylation sites is 2. The van der Waals surface area contributed by atoms with Gasteiger partial charge < -0.3 is 5.32 Å². The van der Waals surface area contributed by atoms with Crippen molar-refractivity contribution in [2.24, 2.45) is 0 Å². The highest BCUT2D eigenvalue weighted by atomic mass is 16.2. The van der Waals surface area contributed by atoms with Crippen LogP contribution in [0.2, 0.25) is 0 Å². The lowest BCUT2D eigenvalue weighted by Gasteiger charge is -2.22. The van der Waals surface area contributed by atoms with Gasteiger partial charge in [0, 0.05) is 30.3 Å². The SMILES string of the molecule is CCNC(=O)NNC(=O)c1cnc(N(c2ccccc2)c2ccccc2)nc1. The summed E-state index contributed by atoms with van der Waals surface area (Å²) in [6.07, 6.45) is 2.83. The first-order chi connectivity index (χ1) is 13.7. The molecule has 0 saturated heterocycles. The number of amides is 3. The second-order valence-electron chi connectivity index (χ2n) is 5.72. The molecule has 0 fully saturated rings. The molecule has 1 heterocycles. The summed E-state index contributed by atoms with van der Waals surface area (Å²) in [7, 11) is 0. The van der Waals surface area contributed by atoms with E-state index in [-0.39, 0.29) is 5.56 Å². The number of carbonyl (C=O) groups excluding carboxylic acids is 2. The molecule has 2 aromatic carbocycles. The Morgan fingerprint density at radius 3 is 1.89 bits per heavy atom. The monoisotopic (exact) mass is 376 g/mol. The molecule has 1 aromatic heterocycles. The van der Waals surface area contributed by atoms with Crippen LogP contribution in [0.15, 0.2) is 73.1 Å². The fourth-order valence-electron chi connectivity index (χ4n) is 2.48. The molecule has 8 heteroatoms. The Bertz CT molecular complexity index is 877. The summed E-state index contributed by atoms with van der Waals surface area (Å²) in [4.78, 5) is 34.1. The summed E-state index contributed by atoms with van der Waals surface area (Å²) in [6.45, 7) is 2.23. The quantitative estimate of drug-likeness (QED) is 0.595. The average molecular weight is 376 g/mol. The van der Waals surface area contributed by atoms with Gasteiger partial charge in [0.15, 0.2) is 0 Å². The molecule has 0 atom stereocenters. The second-order valence-corrected chi connectivity index (χ2v) is 5.72. The highest BCUT2D eigenvalue weighted by Crippen LogP contribution is 2.31. The fraction of sp³-hybridized carbons (Fsp3) is 0.100. The molecule has 0 aliphatic rings. The first-order valence-electron chi connectivity index (χ1n) is 8.75. The van der Waals surface area contributed by atoms with E-state index < -0.39 is 11.9 Å². The number of rotatable bonds is 5. The van der Waals surface area contributed by atoms with Crippen molar-refractivity contribution in [2.75, 3.05) is 11.4 Å². The first kappa shape index (κ1) is 18.8. The molecule has 0 aliphatic carbocycles. The number of nitrogens with zero attached hydrogens (tertiary/aromatic N) is 3. The molecular weight excluding hydrogens is 356 g/mol. The van der Waals surface area contributed by atoms with E-state index in [1.54, 1.807) is 6.92 Å². The summed E-state index contributed by atoms with van der Waals surface area (Å²) in [5, 5.41) is 2.51. The van der Waals surface area contributed by atoms with E-state index in [9.17, 15) is 9.59 Å². The van der Waals surface area contributed by atoms with Crippen molar-refractivity contribution in [3.63, 3.8) is 0 Å². The maximum atomic E-state index is 12.1. The van der Waals surface area contributed by atoms with Crippen LogP contribution in [0.4, 0.5) is 22.1 Å². The summed E-state index contributed by atoms with van der Waals surface area (Å²) >= 11 is 0. The van der Waals surface area contributed by atoms with Gasteiger partial charge in [-0.3, -0.25) is 15.1 Å². The lowest BCUT2D eigenvalue weighted by Crippen LogP contribution is -2.46. The fourth-order valence-corrected chi connectivity index (χ4v) is 2.48. The number of anilines is 3. The van der Waals surface area contributed by atoms with Gasteiger partial charge >= 0.3 is 6.03 Å². The van der Waals surface area contributed by atoms with Crippen molar-refractivity contribution < 1.29 is 9.59 Å². The number of hydrogen-bond acceptors (Lipinski definition) is 5. The minimum atomic E-state index is -0.510. The summed E-state index contributed by atoms with van der Waals surface area (Å²) < 4.78 is 0. The lowest BCUT2D eigenvalue weighted by molar-refractivity contribution is 0.0935.